The van der Waals surface area contributed by atoms with Crippen LogP contribution in [0.2, 0.25) is 0 Å². The molecule has 0 unspecified atom stereocenters. The Bertz CT molecular complexity index is 605. The Hall–Kier alpha value is -2.84. The van der Waals surface area contributed by atoms with Crippen molar-refractivity contribution >= 4 is 11.6 Å². The molecule has 0 aliphatic heterocycles. The summed E-state index contributed by atoms with van der Waals surface area (Å²) in [6, 6.07) is 0. The number of carbonyl (C=O) groups excluding carboxylic acids is 1. The zero-order valence-electron chi connectivity index (χ0n) is 11.7. The van der Waals surface area contributed by atoms with Crippen LogP contribution in [0.15, 0.2) is 18.7 Å². The van der Waals surface area contributed by atoms with Crippen molar-refractivity contribution in [3.05, 3.63) is 24.3 Å². The first kappa shape index (κ1) is 14.6. The lowest BCUT2D eigenvalue weighted by molar-refractivity contribution is -0.118. The minimum atomic E-state index is -0.454. The first-order valence-corrected chi connectivity index (χ1v) is 6.10. The van der Waals surface area contributed by atoms with Gasteiger partial charge in [-0.3, -0.25) is 9.48 Å². The molecule has 0 saturated carbocycles. The summed E-state index contributed by atoms with van der Waals surface area (Å²) in [7, 11) is 3.05. The first-order chi connectivity index (χ1) is 10.1. The third-order valence-corrected chi connectivity index (χ3v) is 2.67. The maximum Gasteiger partial charge on any atom is 0.239 e. The van der Waals surface area contributed by atoms with Crippen molar-refractivity contribution in [1.82, 2.24) is 19.7 Å². The fraction of sp³-hybridized carbons (Fsp3) is 0.333. The van der Waals surface area contributed by atoms with Crippen LogP contribution >= 0.6 is 0 Å². The van der Waals surface area contributed by atoms with Gasteiger partial charge in [-0.15, -0.1) is 0 Å². The van der Waals surface area contributed by atoms with E-state index in [4.69, 9.17) is 15.2 Å². The van der Waals surface area contributed by atoms with Crippen LogP contribution in [-0.4, -0.2) is 39.9 Å². The number of hydrogen-bond acceptors (Lipinski definition) is 7. The quantitative estimate of drug-likeness (QED) is 0.724. The Morgan fingerprint density at radius 2 is 2.00 bits per heavy atom. The molecule has 0 aliphatic carbocycles. The van der Waals surface area contributed by atoms with E-state index in [-0.39, 0.29) is 6.54 Å². The molecule has 0 aliphatic rings. The number of primary amides is 1. The molecular weight excluding hydrogens is 276 g/mol. The smallest absolute Gasteiger partial charge is 0.239 e. The third kappa shape index (κ3) is 3.59. The SMILES string of the molecule is COc1ncnc(OC)c1CNc1cnn(CC(N)=O)c1. The minimum absolute atomic E-state index is 0.0305. The Morgan fingerprint density at radius 1 is 1.33 bits per heavy atom. The van der Waals surface area contributed by atoms with Crippen LogP contribution in [0.5, 0.6) is 11.8 Å². The second-order valence-electron chi connectivity index (χ2n) is 4.12. The number of methoxy groups -OCH3 is 2. The molecule has 0 aromatic carbocycles. The lowest BCUT2D eigenvalue weighted by atomic mass is 10.3. The van der Waals surface area contributed by atoms with Gasteiger partial charge in [-0.05, 0) is 0 Å². The molecular formula is C12H16N6O3. The van der Waals surface area contributed by atoms with E-state index in [1.54, 1.807) is 12.4 Å². The Balaban J connectivity index is 2.09. The number of anilines is 1. The molecule has 112 valence electrons. The molecule has 0 radical (unpaired) electrons. The second-order valence-corrected chi connectivity index (χ2v) is 4.12. The van der Waals surface area contributed by atoms with Gasteiger partial charge in [-0.25, -0.2) is 9.97 Å². The molecule has 1 amide bonds. The summed E-state index contributed by atoms with van der Waals surface area (Å²) in [5.74, 6) is 0.405. The largest absolute Gasteiger partial charge is 0.481 e. The van der Waals surface area contributed by atoms with Gasteiger partial charge in [0.2, 0.25) is 17.7 Å². The number of hydrogen-bond donors (Lipinski definition) is 2. The van der Waals surface area contributed by atoms with Crippen LogP contribution in [0.1, 0.15) is 5.56 Å². The lowest BCUT2D eigenvalue weighted by Crippen LogP contribution is -2.18. The maximum atomic E-state index is 10.8. The summed E-state index contributed by atoms with van der Waals surface area (Å²) >= 11 is 0. The molecule has 9 heteroatoms. The number of nitrogens with zero attached hydrogens (tertiary/aromatic N) is 4. The summed E-state index contributed by atoms with van der Waals surface area (Å²) < 4.78 is 11.8. The van der Waals surface area contributed by atoms with E-state index in [0.29, 0.717) is 23.9 Å². The maximum absolute atomic E-state index is 10.8. The Morgan fingerprint density at radius 3 is 2.57 bits per heavy atom. The molecule has 0 fully saturated rings. The average Bonchev–Trinajstić information content (AvgIpc) is 2.91. The molecule has 2 aromatic heterocycles. The molecule has 2 rings (SSSR count). The van der Waals surface area contributed by atoms with Crippen molar-refractivity contribution in [2.24, 2.45) is 5.73 Å². The van der Waals surface area contributed by atoms with E-state index >= 15 is 0 Å². The molecule has 2 aromatic rings. The van der Waals surface area contributed by atoms with Gasteiger partial charge in [0.1, 0.15) is 12.9 Å². The average molecular weight is 292 g/mol. The van der Waals surface area contributed by atoms with Gasteiger partial charge in [0.25, 0.3) is 0 Å². The van der Waals surface area contributed by atoms with Crippen molar-refractivity contribution in [2.45, 2.75) is 13.1 Å². The van der Waals surface area contributed by atoms with Crippen molar-refractivity contribution in [3.8, 4) is 11.8 Å². The first-order valence-electron chi connectivity index (χ1n) is 6.10. The van der Waals surface area contributed by atoms with Crippen LogP contribution < -0.4 is 20.5 Å². The standard InChI is InChI=1S/C12H16N6O3/c1-20-11-9(12(21-2)16-7-15-11)4-14-8-3-17-18(5-8)6-10(13)19/h3,5,7,14H,4,6H2,1-2H3,(H2,13,19). The fourth-order valence-electron chi connectivity index (χ4n) is 1.78. The van der Waals surface area contributed by atoms with Crippen LogP contribution in [0.3, 0.4) is 0 Å². The summed E-state index contributed by atoms with van der Waals surface area (Å²) in [4.78, 5) is 18.9. The number of nitrogens with two attached hydrogens (primary N) is 1. The number of carbonyl (C=O) groups is 1. The molecule has 0 spiro atoms. The van der Waals surface area contributed by atoms with Crippen LogP contribution in [0.25, 0.3) is 0 Å². The zero-order chi connectivity index (χ0) is 15.2. The predicted octanol–water partition coefficient (Wildman–Crippen LogP) is -0.212. The van der Waals surface area contributed by atoms with Crippen molar-refractivity contribution in [3.63, 3.8) is 0 Å². The number of amides is 1. The molecule has 0 saturated heterocycles. The van der Waals surface area contributed by atoms with Crippen molar-refractivity contribution in [1.29, 1.82) is 0 Å². The van der Waals surface area contributed by atoms with Crippen LogP contribution in [0, 0.1) is 0 Å². The summed E-state index contributed by atoms with van der Waals surface area (Å²) in [6.45, 7) is 0.415. The van der Waals surface area contributed by atoms with Gasteiger partial charge in [-0.1, -0.05) is 0 Å². The van der Waals surface area contributed by atoms with Crippen LogP contribution in [0.4, 0.5) is 5.69 Å². The highest BCUT2D eigenvalue weighted by Gasteiger charge is 2.13. The van der Waals surface area contributed by atoms with Crippen LogP contribution in [-0.2, 0) is 17.9 Å². The number of nitrogens with one attached hydrogen (secondary N) is 1. The van der Waals surface area contributed by atoms with E-state index in [1.165, 1.54) is 25.2 Å². The highest BCUT2D eigenvalue weighted by atomic mass is 16.5. The predicted molar refractivity (Wildman–Crippen MR) is 73.9 cm³/mol. The number of rotatable bonds is 7. The van der Waals surface area contributed by atoms with E-state index in [9.17, 15) is 4.79 Å². The monoisotopic (exact) mass is 292 g/mol. The topological polar surface area (TPSA) is 117 Å². The summed E-state index contributed by atoms with van der Waals surface area (Å²) in [6.07, 6.45) is 4.63. The van der Waals surface area contributed by atoms with Gasteiger partial charge in [0.05, 0.1) is 38.2 Å². The lowest BCUT2D eigenvalue weighted by Gasteiger charge is -2.11. The highest BCUT2D eigenvalue weighted by Crippen LogP contribution is 2.24. The molecule has 0 bridgehead atoms. The zero-order valence-corrected chi connectivity index (χ0v) is 11.7. The van der Waals surface area contributed by atoms with Gasteiger partial charge in [-0.2, -0.15) is 5.10 Å². The fourth-order valence-corrected chi connectivity index (χ4v) is 1.78. The Labute approximate surface area is 121 Å². The second kappa shape index (κ2) is 6.55. The van der Waals surface area contributed by atoms with E-state index < -0.39 is 5.91 Å². The number of aromatic nitrogens is 4. The van der Waals surface area contributed by atoms with E-state index in [2.05, 4.69) is 20.4 Å². The molecule has 21 heavy (non-hydrogen) atoms. The van der Waals surface area contributed by atoms with Crippen molar-refractivity contribution < 1.29 is 14.3 Å². The minimum Gasteiger partial charge on any atom is -0.481 e. The summed E-state index contributed by atoms with van der Waals surface area (Å²) in [5.41, 5.74) is 6.52. The van der Waals surface area contributed by atoms with Crippen molar-refractivity contribution in [2.75, 3.05) is 19.5 Å². The molecule has 3 N–H and O–H groups in total. The van der Waals surface area contributed by atoms with Gasteiger partial charge < -0.3 is 20.5 Å². The summed E-state index contributed by atoms with van der Waals surface area (Å²) in [5, 5.41) is 7.14. The normalized spacial score (nSPS) is 10.2. The highest BCUT2D eigenvalue weighted by molar-refractivity contribution is 5.73. The molecule has 2 heterocycles. The van der Waals surface area contributed by atoms with E-state index in [1.807, 2.05) is 0 Å². The molecule has 9 nitrogen and oxygen atoms in total. The van der Waals surface area contributed by atoms with Gasteiger partial charge >= 0.3 is 0 Å². The van der Waals surface area contributed by atoms with Gasteiger partial charge in [0.15, 0.2) is 0 Å². The third-order valence-electron chi connectivity index (χ3n) is 2.67. The number of ether oxygens (including phenoxy) is 2. The molecule has 0 atom stereocenters. The van der Waals surface area contributed by atoms with E-state index in [0.717, 1.165) is 5.69 Å². The Kier molecular flexibility index (Phi) is 4.54. The van der Waals surface area contributed by atoms with Gasteiger partial charge in [0, 0.05) is 6.20 Å².